The minimum Gasteiger partial charge on any atom is -0.493 e. The number of nitrogens with zero attached hydrogens (tertiary/aromatic N) is 2. The monoisotopic (exact) mass is 801 g/mol. The molecule has 5 aromatic rings. The SMILES string of the molecule is CCCCCCCCOc1cc(/C=C/c2cc(C)c(/C=C/c3ccncc3)cc2C)c(OCCCCCCCC)cc1/C=C/c1cc(C)c(/C=C/c2ccncc2)cc1C. The minimum absolute atomic E-state index is 0.692. The Morgan fingerprint density at radius 1 is 0.367 bits per heavy atom. The maximum atomic E-state index is 6.66. The summed E-state index contributed by atoms with van der Waals surface area (Å²) in [4.78, 5) is 8.30. The van der Waals surface area contributed by atoms with Crippen molar-refractivity contribution in [2.45, 2.75) is 119 Å². The summed E-state index contributed by atoms with van der Waals surface area (Å²) < 4.78 is 13.3. The second-order valence-corrected chi connectivity index (χ2v) is 16.2. The van der Waals surface area contributed by atoms with Crippen LogP contribution in [0, 0.1) is 27.7 Å². The van der Waals surface area contributed by atoms with E-state index < -0.39 is 0 Å². The fourth-order valence-corrected chi connectivity index (χ4v) is 7.35. The Kier molecular flexibility index (Phi) is 19.2. The van der Waals surface area contributed by atoms with Crippen LogP contribution in [0.5, 0.6) is 11.5 Å². The van der Waals surface area contributed by atoms with E-state index in [1.165, 1.54) is 109 Å². The standard InChI is InChI=1S/C56H68N2O2/c1-7-9-11-13-15-17-35-59-55-41-54(26-24-52-40-44(4)50(38-46(52)6)22-20-48-29-33-58-34-30-48)56(60-36-18-16-14-12-10-8-2)42-53(55)25-23-51-39-43(3)49(37-45(51)5)21-19-47-27-31-57-32-28-47/h19-34,37-42H,7-18,35-36H2,1-6H3/b21-19+,22-20+,25-23+,26-24+. The van der Waals surface area contributed by atoms with Crippen LogP contribution in [0.3, 0.4) is 0 Å². The van der Waals surface area contributed by atoms with E-state index in [1.807, 2.05) is 49.1 Å². The van der Waals surface area contributed by atoms with Crippen molar-refractivity contribution >= 4 is 48.6 Å². The summed E-state index contributed by atoms with van der Waals surface area (Å²) in [6, 6.07) is 21.6. The predicted octanol–water partition coefficient (Wildman–Crippen LogP) is 15.9. The van der Waals surface area contributed by atoms with Gasteiger partial charge in [0.15, 0.2) is 0 Å². The normalized spacial score (nSPS) is 11.8. The molecular weight excluding hydrogens is 733 g/mol. The van der Waals surface area contributed by atoms with Gasteiger partial charge in [-0.15, -0.1) is 0 Å². The van der Waals surface area contributed by atoms with Crippen LogP contribution in [0.25, 0.3) is 48.6 Å². The lowest BCUT2D eigenvalue weighted by atomic mass is 9.97. The van der Waals surface area contributed by atoms with Crippen molar-refractivity contribution in [3.05, 3.63) is 152 Å². The van der Waals surface area contributed by atoms with Crippen LogP contribution in [0.2, 0.25) is 0 Å². The zero-order chi connectivity index (χ0) is 42.4. The minimum atomic E-state index is 0.692. The number of aromatic nitrogens is 2. The van der Waals surface area contributed by atoms with E-state index >= 15 is 0 Å². The Hall–Kier alpha value is -5.48. The van der Waals surface area contributed by atoms with Gasteiger partial charge in [-0.25, -0.2) is 0 Å². The molecule has 0 fully saturated rings. The highest BCUT2D eigenvalue weighted by Crippen LogP contribution is 2.34. The molecule has 60 heavy (non-hydrogen) atoms. The molecule has 0 aliphatic heterocycles. The van der Waals surface area contributed by atoms with Crippen LogP contribution in [0.1, 0.15) is 158 Å². The van der Waals surface area contributed by atoms with Gasteiger partial charge in [0.25, 0.3) is 0 Å². The number of hydrogen-bond acceptors (Lipinski definition) is 4. The van der Waals surface area contributed by atoms with Crippen molar-refractivity contribution in [1.29, 1.82) is 0 Å². The molecule has 4 heteroatoms. The van der Waals surface area contributed by atoms with Gasteiger partial charge in [0, 0.05) is 35.9 Å². The van der Waals surface area contributed by atoms with Gasteiger partial charge < -0.3 is 9.47 Å². The molecule has 3 aromatic carbocycles. The number of unbranched alkanes of at least 4 members (excludes halogenated alkanes) is 10. The van der Waals surface area contributed by atoms with Gasteiger partial charge in [0.2, 0.25) is 0 Å². The summed E-state index contributed by atoms with van der Waals surface area (Å²) in [6.07, 6.45) is 39.6. The van der Waals surface area contributed by atoms with Crippen molar-refractivity contribution in [1.82, 2.24) is 9.97 Å². The molecule has 0 unspecified atom stereocenters. The lowest BCUT2D eigenvalue weighted by Crippen LogP contribution is -2.03. The summed E-state index contributed by atoms with van der Waals surface area (Å²) in [7, 11) is 0. The average Bonchev–Trinajstić information content (AvgIpc) is 3.26. The van der Waals surface area contributed by atoms with E-state index in [2.05, 4.69) is 137 Å². The van der Waals surface area contributed by atoms with Gasteiger partial charge in [-0.3, -0.25) is 9.97 Å². The molecule has 314 valence electrons. The molecule has 0 radical (unpaired) electrons. The van der Waals surface area contributed by atoms with Crippen LogP contribution in [0.4, 0.5) is 0 Å². The first kappa shape index (κ1) is 45.6. The summed E-state index contributed by atoms with van der Waals surface area (Å²) in [5.41, 5.74) is 14.1. The molecule has 0 aliphatic carbocycles. The Balaban J connectivity index is 1.45. The number of hydrogen-bond donors (Lipinski definition) is 0. The number of aryl methyl sites for hydroxylation is 4. The third kappa shape index (κ3) is 15.0. The molecule has 0 saturated heterocycles. The zero-order valence-electron chi connectivity index (χ0n) is 37.3. The molecule has 0 bridgehead atoms. The number of ether oxygens (including phenoxy) is 2. The first-order chi connectivity index (χ1) is 29.3. The van der Waals surface area contributed by atoms with Gasteiger partial charge >= 0.3 is 0 Å². The Labute approximate surface area is 362 Å². The van der Waals surface area contributed by atoms with Gasteiger partial charge in [0.05, 0.1) is 13.2 Å². The fraction of sp³-hybridized carbons (Fsp3) is 0.357. The van der Waals surface area contributed by atoms with Crippen molar-refractivity contribution in [3.8, 4) is 11.5 Å². The van der Waals surface area contributed by atoms with Gasteiger partial charge in [0.1, 0.15) is 11.5 Å². The molecule has 4 nitrogen and oxygen atoms in total. The van der Waals surface area contributed by atoms with E-state index in [0.717, 1.165) is 46.6 Å². The van der Waals surface area contributed by atoms with E-state index in [9.17, 15) is 0 Å². The highest BCUT2D eigenvalue weighted by molar-refractivity contribution is 5.81. The molecule has 0 atom stereocenters. The van der Waals surface area contributed by atoms with Crippen LogP contribution >= 0.6 is 0 Å². The molecule has 0 amide bonds. The van der Waals surface area contributed by atoms with Gasteiger partial charge in [-0.1, -0.05) is 151 Å². The first-order valence-electron chi connectivity index (χ1n) is 22.5. The van der Waals surface area contributed by atoms with E-state index in [0.29, 0.717) is 13.2 Å². The van der Waals surface area contributed by atoms with E-state index in [1.54, 1.807) is 0 Å². The van der Waals surface area contributed by atoms with Crippen LogP contribution in [-0.2, 0) is 0 Å². The molecule has 2 heterocycles. The van der Waals surface area contributed by atoms with E-state index in [4.69, 9.17) is 9.47 Å². The number of benzene rings is 3. The predicted molar refractivity (Wildman–Crippen MR) is 260 cm³/mol. The number of pyridine rings is 2. The largest absolute Gasteiger partial charge is 0.493 e. The molecule has 0 saturated carbocycles. The second kappa shape index (κ2) is 25.2. The third-order valence-electron chi connectivity index (χ3n) is 11.2. The van der Waals surface area contributed by atoms with Gasteiger partial charge in [-0.05, 0) is 133 Å². The van der Waals surface area contributed by atoms with Crippen molar-refractivity contribution < 1.29 is 9.47 Å². The van der Waals surface area contributed by atoms with Crippen molar-refractivity contribution in [2.75, 3.05) is 13.2 Å². The Bertz CT molecular complexity index is 2020. The Morgan fingerprint density at radius 3 is 1.02 bits per heavy atom. The maximum absolute atomic E-state index is 6.66. The molecule has 0 spiro atoms. The van der Waals surface area contributed by atoms with Crippen molar-refractivity contribution in [2.24, 2.45) is 0 Å². The lowest BCUT2D eigenvalue weighted by Gasteiger charge is -2.16. The second-order valence-electron chi connectivity index (χ2n) is 16.2. The first-order valence-corrected chi connectivity index (χ1v) is 22.5. The summed E-state index contributed by atoms with van der Waals surface area (Å²) >= 11 is 0. The van der Waals surface area contributed by atoms with Gasteiger partial charge in [-0.2, -0.15) is 0 Å². The van der Waals surface area contributed by atoms with Crippen LogP contribution in [0.15, 0.2) is 85.5 Å². The molecule has 0 aliphatic rings. The average molecular weight is 801 g/mol. The zero-order valence-corrected chi connectivity index (χ0v) is 37.3. The number of rotatable bonds is 24. The van der Waals surface area contributed by atoms with Crippen molar-refractivity contribution in [3.63, 3.8) is 0 Å². The summed E-state index contributed by atoms with van der Waals surface area (Å²) in [5, 5.41) is 0. The smallest absolute Gasteiger partial charge is 0.127 e. The van der Waals surface area contributed by atoms with Crippen LogP contribution < -0.4 is 9.47 Å². The highest BCUT2D eigenvalue weighted by Gasteiger charge is 2.12. The lowest BCUT2D eigenvalue weighted by molar-refractivity contribution is 0.295. The molecule has 2 aromatic heterocycles. The quantitative estimate of drug-likeness (QED) is 0.0461. The maximum Gasteiger partial charge on any atom is 0.127 e. The highest BCUT2D eigenvalue weighted by atomic mass is 16.5. The molecular formula is C56H68N2O2. The Morgan fingerprint density at radius 2 is 0.667 bits per heavy atom. The third-order valence-corrected chi connectivity index (χ3v) is 11.2. The fourth-order valence-electron chi connectivity index (χ4n) is 7.35. The topological polar surface area (TPSA) is 44.2 Å². The summed E-state index contributed by atoms with van der Waals surface area (Å²) in [5.74, 6) is 1.78. The van der Waals surface area contributed by atoms with E-state index in [-0.39, 0.29) is 0 Å². The molecule has 5 rings (SSSR count). The van der Waals surface area contributed by atoms with Crippen LogP contribution in [-0.4, -0.2) is 23.2 Å². The summed E-state index contributed by atoms with van der Waals surface area (Å²) in [6.45, 7) is 14.7. The molecule has 0 N–H and O–H groups in total.